The zero-order valence-electron chi connectivity index (χ0n) is 11.8. The Kier molecular flexibility index (Phi) is 3.77. The van der Waals surface area contributed by atoms with Crippen LogP contribution in [0.4, 0.5) is 5.69 Å². The van der Waals surface area contributed by atoms with Crippen molar-refractivity contribution in [3.63, 3.8) is 0 Å². The second kappa shape index (κ2) is 5.24. The molecule has 8 nitrogen and oxygen atoms in total. The van der Waals surface area contributed by atoms with Gasteiger partial charge in [0.2, 0.25) is 0 Å². The third kappa shape index (κ3) is 2.77. The van der Waals surface area contributed by atoms with Crippen LogP contribution in [0.15, 0.2) is 17.2 Å². The second-order valence-corrected chi connectivity index (χ2v) is 6.25. The number of nitrogens with zero attached hydrogens (tertiary/aromatic N) is 2. The van der Waals surface area contributed by atoms with Gasteiger partial charge >= 0.3 is 5.97 Å². The zero-order chi connectivity index (χ0) is 15.8. The molecule has 0 saturated carbocycles. The fourth-order valence-corrected chi connectivity index (χ4v) is 3.19. The van der Waals surface area contributed by atoms with E-state index in [0.717, 1.165) is 6.07 Å². The van der Waals surface area contributed by atoms with Crippen LogP contribution in [0.2, 0.25) is 0 Å². The van der Waals surface area contributed by atoms with Gasteiger partial charge in [-0.2, -0.15) is 5.10 Å². The molecule has 114 valence electrons. The minimum atomic E-state index is -3.87. The molecule has 21 heavy (non-hydrogen) atoms. The lowest BCUT2D eigenvalue weighted by Gasteiger charge is -2.06. The first kappa shape index (κ1) is 15.1. The molecule has 0 amide bonds. The number of hydrogen-bond donors (Lipinski definition) is 3. The number of carboxylic acids is 1. The molecule has 9 heteroatoms. The van der Waals surface area contributed by atoms with E-state index in [2.05, 4.69) is 14.9 Å². The number of aromatic amines is 1. The highest BCUT2D eigenvalue weighted by atomic mass is 32.2. The van der Waals surface area contributed by atoms with E-state index in [1.54, 1.807) is 20.8 Å². The van der Waals surface area contributed by atoms with Gasteiger partial charge in [0.05, 0.1) is 17.1 Å². The minimum Gasteiger partial charge on any atom is -0.477 e. The van der Waals surface area contributed by atoms with Crippen LogP contribution in [0.3, 0.4) is 0 Å². The molecule has 0 aromatic carbocycles. The van der Waals surface area contributed by atoms with Gasteiger partial charge in [0.1, 0.15) is 10.6 Å². The second-order valence-electron chi connectivity index (χ2n) is 4.57. The van der Waals surface area contributed by atoms with Crippen molar-refractivity contribution in [1.82, 2.24) is 14.8 Å². The summed E-state index contributed by atoms with van der Waals surface area (Å²) in [5.41, 5.74) is 1.41. The van der Waals surface area contributed by atoms with Gasteiger partial charge in [-0.05, 0) is 26.8 Å². The van der Waals surface area contributed by atoms with Crippen molar-refractivity contribution in [1.29, 1.82) is 0 Å². The summed E-state index contributed by atoms with van der Waals surface area (Å²) in [6.07, 6.45) is 1.30. The lowest BCUT2D eigenvalue weighted by molar-refractivity contribution is 0.0685. The average molecular weight is 312 g/mol. The molecule has 3 N–H and O–H groups in total. The van der Waals surface area contributed by atoms with E-state index in [1.807, 2.05) is 0 Å². The van der Waals surface area contributed by atoms with Crippen LogP contribution in [-0.2, 0) is 16.6 Å². The summed E-state index contributed by atoms with van der Waals surface area (Å²) >= 11 is 0. The van der Waals surface area contributed by atoms with Gasteiger partial charge in [0, 0.05) is 12.7 Å². The van der Waals surface area contributed by atoms with Gasteiger partial charge in [0.25, 0.3) is 10.0 Å². The number of sulfonamides is 1. The number of H-pyrrole nitrogens is 1. The number of hydrogen-bond acceptors (Lipinski definition) is 4. The predicted molar refractivity (Wildman–Crippen MR) is 75.9 cm³/mol. The summed E-state index contributed by atoms with van der Waals surface area (Å²) in [5.74, 6) is -1.17. The van der Waals surface area contributed by atoms with Gasteiger partial charge in [-0.25, -0.2) is 13.2 Å². The number of aryl methyl sites for hydroxylation is 3. The molecule has 0 aliphatic heterocycles. The number of aromatic nitrogens is 3. The molecule has 2 rings (SSSR count). The predicted octanol–water partition coefficient (Wildman–Crippen LogP) is 1.35. The summed E-state index contributed by atoms with van der Waals surface area (Å²) in [7, 11) is -3.87. The Labute approximate surface area is 121 Å². The van der Waals surface area contributed by atoms with Crippen LogP contribution < -0.4 is 4.72 Å². The Morgan fingerprint density at radius 3 is 2.57 bits per heavy atom. The molecule has 0 aliphatic rings. The smallest absolute Gasteiger partial charge is 0.352 e. The summed E-state index contributed by atoms with van der Waals surface area (Å²) < 4.78 is 28.5. The Morgan fingerprint density at radius 1 is 1.48 bits per heavy atom. The first-order valence-electron chi connectivity index (χ1n) is 6.24. The molecule has 2 heterocycles. The largest absolute Gasteiger partial charge is 0.477 e. The monoisotopic (exact) mass is 312 g/mol. The van der Waals surface area contributed by atoms with Gasteiger partial charge in [-0.3, -0.25) is 9.82 Å². The number of carbonyl (C=O) groups is 1. The lowest BCUT2D eigenvalue weighted by Crippen LogP contribution is -2.13. The summed E-state index contributed by atoms with van der Waals surface area (Å²) in [4.78, 5) is 11.0. The molecular weight excluding hydrogens is 296 g/mol. The summed E-state index contributed by atoms with van der Waals surface area (Å²) in [5, 5.41) is 15.7. The van der Waals surface area contributed by atoms with E-state index in [4.69, 9.17) is 5.11 Å². The highest BCUT2D eigenvalue weighted by Gasteiger charge is 2.22. The van der Waals surface area contributed by atoms with Gasteiger partial charge in [0.15, 0.2) is 0 Å². The highest BCUT2D eigenvalue weighted by Crippen LogP contribution is 2.22. The van der Waals surface area contributed by atoms with E-state index < -0.39 is 16.0 Å². The molecule has 0 saturated heterocycles. The standard InChI is InChI=1S/C12H16N4O4S/c1-4-16-6-9(5-10(16)12(17)18)21(19,20)15-11-7(2)13-14-8(11)3/h5-6,15H,4H2,1-3H3,(H,13,14)(H,17,18). The van der Waals surface area contributed by atoms with E-state index >= 15 is 0 Å². The van der Waals surface area contributed by atoms with Gasteiger partial charge < -0.3 is 9.67 Å². The highest BCUT2D eigenvalue weighted by molar-refractivity contribution is 7.92. The van der Waals surface area contributed by atoms with E-state index in [9.17, 15) is 13.2 Å². The van der Waals surface area contributed by atoms with Crippen LogP contribution in [0.1, 0.15) is 28.8 Å². The third-order valence-corrected chi connectivity index (χ3v) is 4.42. The lowest BCUT2D eigenvalue weighted by atomic mass is 10.3. The normalized spacial score (nSPS) is 11.6. The maximum absolute atomic E-state index is 12.3. The van der Waals surface area contributed by atoms with Crippen LogP contribution in [0, 0.1) is 13.8 Å². The molecule has 0 radical (unpaired) electrons. The number of aromatic carboxylic acids is 1. The van der Waals surface area contributed by atoms with Crippen LogP contribution >= 0.6 is 0 Å². The van der Waals surface area contributed by atoms with Crippen LogP contribution in [-0.4, -0.2) is 34.3 Å². The fraction of sp³-hybridized carbons (Fsp3) is 0.333. The Morgan fingerprint density at radius 2 is 2.14 bits per heavy atom. The first-order chi connectivity index (χ1) is 9.76. The molecule has 2 aromatic heterocycles. The van der Waals surface area contributed by atoms with Gasteiger partial charge in [-0.1, -0.05) is 0 Å². The molecular formula is C12H16N4O4S. The number of nitrogens with one attached hydrogen (secondary N) is 2. The van der Waals surface area contributed by atoms with Crippen molar-refractivity contribution in [3.05, 3.63) is 29.3 Å². The van der Waals surface area contributed by atoms with Crippen molar-refractivity contribution in [2.75, 3.05) is 4.72 Å². The molecule has 0 aliphatic carbocycles. The van der Waals surface area contributed by atoms with Crippen molar-refractivity contribution >= 4 is 21.7 Å². The molecule has 0 bridgehead atoms. The summed E-state index contributed by atoms with van der Waals surface area (Å²) in [6.45, 7) is 5.46. The van der Waals surface area contributed by atoms with Crippen LogP contribution in [0.5, 0.6) is 0 Å². The molecule has 0 fully saturated rings. The van der Waals surface area contributed by atoms with E-state index in [-0.39, 0.29) is 10.6 Å². The van der Waals surface area contributed by atoms with Crippen LogP contribution in [0.25, 0.3) is 0 Å². The number of rotatable bonds is 5. The fourth-order valence-electron chi connectivity index (χ4n) is 1.97. The molecule has 0 atom stereocenters. The molecule has 0 unspecified atom stereocenters. The summed E-state index contributed by atoms with van der Waals surface area (Å²) in [6, 6.07) is 1.14. The topological polar surface area (TPSA) is 117 Å². The number of anilines is 1. The Hall–Kier alpha value is -2.29. The van der Waals surface area contributed by atoms with Crippen molar-refractivity contribution in [3.8, 4) is 0 Å². The van der Waals surface area contributed by atoms with Crippen molar-refractivity contribution in [2.24, 2.45) is 0 Å². The zero-order valence-corrected chi connectivity index (χ0v) is 12.7. The average Bonchev–Trinajstić information content (AvgIpc) is 2.97. The third-order valence-electron chi connectivity index (χ3n) is 3.11. The maximum atomic E-state index is 12.3. The van der Waals surface area contributed by atoms with Crippen molar-refractivity contribution in [2.45, 2.75) is 32.2 Å². The Balaban J connectivity index is 2.43. The molecule has 2 aromatic rings. The minimum absolute atomic E-state index is 0.0708. The molecule has 0 spiro atoms. The van der Waals surface area contributed by atoms with E-state index in [1.165, 1.54) is 10.8 Å². The first-order valence-corrected chi connectivity index (χ1v) is 7.72. The Bertz CT molecular complexity index is 769. The quantitative estimate of drug-likeness (QED) is 0.770. The van der Waals surface area contributed by atoms with E-state index in [0.29, 0.717) is 23.6 Å². The number of carboxylic acid groups (broad SMARTS) is 1. The van der Waals surface area contributed by atoms with Crippen molar-refractivity contribution < 1.29 is 18.3 Å². The maximum Gasteiger partial charge on any atom is 0.352 e. The van der Waals surface area contributed by atoms with Gasteiger partial charge in [-0.15, -0.1) is 0 Å². The SMILES string of the molecule is CCn1cc(S(=O)(=O)Nc2c(C)n[nH]c2C)cc1C(=O)O.